The molecule has 0 amide bonds. The van der Waals surface area contributed by atoms with Crippen molar-refractivity contribution in [1.29, 1.82) is 0 Å². The smallest absolute Gasteiger partial charge is 0.0713 e. The van der Waals surface area contributed by atoms with Crippen molar-refractivity contribution in [2.24, 2.45) is 5.41 Å². The second kappa shape index (κ2) is 7.76. The first-order chi connectivity index (χ1) is 11.7. The minimum atomic E-state index is -0.340. The summed E-state index contributed by atoms with van der Waals surface area (Å²) in [4.78, 5) is 1.33. The second-order valence-electron chi connectivity index (χ2n) is 6.98. The van der Waals surface area contributed by atoms with Crippen molar-refractivity contribution in [1.82, 2.24) is 0 Å². The summed E-state index contributed by atoms with van der Waals surface area (Å²) in [5.41, 5.74) is 2.50. The van der Waals surface area contributed by atoms with E-state index in [0.29, 0.717) is 0 Å². The molecule has 0 aromatic heterocycles. The van der Waals surface area contributed by atoms with Crippen LogP contribution in [0.5, 0.6) is 0 Å². The molecule has 1 N–H and O–H groups in total. The van der Waals surface area contributed by atoms with Gasteiger partial charge < -0.3 is 5.11 Å². The van der Waals surface area contributed by atoms with Crippen LogP contribution in [0.4, 0.5) is 0 Å². The summed E-state index contributed by atoms with van der Waals surface area (Å²) < 4.78 is 0. The molecule has 1 nitrogen and oxygen atoms in total. The van der Waals surface area contributed by atoms with Crippen LogP contribution in [0.2, 0.25) is 0 Å². The Morgan fingerprint density at radius 3 is 2.46 bits per heavy atom. The summed E-state index contributed by atoms with van der Waals surface area (Å²) >= 11 is 1.93. The van der Waals surface area contributed by atoms with Gasteiger partial charge in [0.1, 0.15) is 0 Å². The molecule has 0 radical (unpaired) electrons. The summed E-state index contributed by atoms with van der Waals surface area (Å²) in [6, 6.07) is 19.2. The van der Waals surface area contributed by atoms with Crippen molar-refractivity contribution in [3.05, 3.63) is 65.7 Å². The second-order valence-corrected chi connectivity index (χ2v) is 8.00. The fourth-order valence-corrected chi connectivity index (χ4v) is 5.46. The van der Waals surface area contributed by atoms with Crippen molar-refractivity contribution in [3.8, 4) is 0 Å². The minimum Gasteiger partial charge on any atom is -0.392 e. The molecule has 1 aliphatic rings. The van der Waals surface area contributed by atoms with Gasteiger partial charge in [-0.2, -0.15) is 0 Å². The first kappa shape index (κ1) is 17.6. The molecule has 24 heavy (non-hydrogen) atoms. The predicted octanol–water partition coefficient (Wildman–Crippen LogP) is 5.87. The monoisotopic (exact) mass is 340 g/mol. The van der Waals surface area contributed by atoms with E-state index < -0.39 is 0 Å². The van der Waals surface area contributed by atoms with Crippen molar-refractivity contribution < 1.29 is 5.11 Å². The van der Waals surface area contributed by atoms with E-state index in [2.05, 4.69) is 68.4 Å². The summed E-state index contributed by atoms with van der Waals surface area (Å²) in [7, 11) is 0. The zero-order valence-corrected chi connectivity index (χ0v) is 15.6. The average molecular weight is 341 g/mol. The summed E-state index contributed by atoms with van der Waals surface area (Å²) in [6.45, 7) is 4.49. The summed E-state index contributed by atoms with van der Waals surface area (Å²) in [5, 5.41) is 11.6. The van der Waals surface area contributed by atoms with Gasteiger partial charge in [-0.3, -0.25) is 0 Å². The normalized spacial score (nSPS) is 26.6. The molecule has 0 aliphatic carbocycles. The number of benzene rings is 2. The number of aliphatic hydroxyl groups excluding tert-OH is 1. The van der Waals surface area contributed by atoms with Crippen molar-refractivity contribution >= 4 is 11.8 Å². The lowest BCUT2D eigenvalue weighted by molar-refractivity contribution is 0.0182. The van der Waals surface area contributed by atoms with E-state index in [4.69, 9.17) is 0 Å². The van der Waals surface area contributed by atoms with Crippen LogP contribution in [0.1, 0.15) is 56.6 Å². The molecule has 3 atom stereocenters. The first-order valence-corrected chi connectivity index (χ1v) is 10.1. The molecule has 2 heteroatoms. The zero-order chi connectivity index (χ0) is 17.0. The Bertz CT molecular complexity index is 654. The Kier molecular flexibility index (Phi) is 5.68. The number of thioether (sulfide) groups is 1. The van der Waals surface area contributed by atoms with Crippen LogP contribution in [0, 0.1) is 5.41 Å². The number of fused-ring (bicyclic) bond motifs is 1. The molecule has 2 aromatic carbocycles. The van der Waals surface area contributed by atoms with Gasteiger partial charge in [-0.05, 0) is 30.0 Å². The summed E-state index contributed by atoms with van der Waals surface area (Å²) in [5.74, 6) is 1.07. The van der Waals surface area contributed by atoms with Gasteiger partial charge in [-0.25, -0.2) is 0 Å². The summed E-state index contributed by atoms with van der Waals surface area (Å²) in [6.07, 6.45) is 4.16. The Morgan fingerprint density at radius 2 is 1.75 bits per heavy atom. The van der Waals surface area contributed by atoms with Gasteiger partial charge in [0.25, 0.3) is 0 Å². The van der Waals surface area contributed by atoms with Gasteiger partial charge >= 0.3 is 0 Å². The topological polar surface area (TPSA) is 20.2 Å². The molecule has 0 spiro atoms. The lowest BCUT2D eigenvalue weighted by Crippen LogP contribution is -2.40. The predicted molar refractivity (Wildman–Crippen MR) is 104 cm³/mol. The van der Waals surface area contributed by atoms with Crippen LogP contribution >= 0.6 is 11.8 Å². The van der Waals surface area contributed by atoms with Gasteiger partial charge in [0, 0.05) is 22.0 Å². The largest absolute Gasteiger partial charge is 0.392 e. The fourth-order valence-electron chi connectivity index (χ4n) is 3.96. The molecule has 128 valence electrons. The molecule has 0 unspecified atom stereocenters. The maximum atomic E-state index is 11.6. The molecule has 1 heterocycles. The molecule has 1 aliphatic heterocycles. The van der Waals surface area contributed by atoms with Crippen LogP contribution in [-0.2, 0) is 0 Å². The first-order valence-electron chi connectivity index (χ1n) is 9.16. The molecule has 2 aromatic rings. The van der Waals surface area contributed by atoms with Crippen molar-refractivity contribution in [2.45, 2.75) is 56.4 Å². The number of aliphatic hydroxyl groups is 1. The van der Waals surface area contributed by atoms with E-state index in [-0.39, 0.29) is 17.4 Å². The van der Waals surface area contributed by atoms with Crippen molar-refractivity contribution in [3.63, 3.8) is 0 Å². The van der Waals surface area contributed by atoms with Gasteiger partial charge in [0.2, 0.25) is 0 Å². The van der Waals surface area contributed by atoms with Crippen LogP contribution in [-0.4, -0.2) is 17.0 Å². The third kappa shape index (κ3) is 3.27. The Hall–Kier alpha value is -1.25. The van der Waals surface area contributed by atoms with Crippen LogP contribution in [0.15, 0.2) is 59.5 Å². The van der Waals surface area contributed by atoms with E-state index in [1.54, 1.807) is 0 Å². The van der Waals surface area contributed by atoms with Gasteiger partial charge in [0.05, 0.1) is 6.10 Å². The lowest BCUT2D eigenvalue weighted by Gasteiger charge is -2.39. The highest BCUT2D eigenvalue weighted by molar-refractivity contribution is 7.99. The van der Waals surface area contributed by atoms with E-state index in [1.807, 2.05) is 11.8 Å². The van der Waals surface area contributed by atoms with E-state index in [1.165, 1.54) is 28.9 Å². The number of hydrogen-bond acceptors (Lipinski definition) is 2. The van der Waals surface area contributed by atoms with Gasteiger partial charge in [0.15, 0.2) is 0 Å². The Morgan fingerprint density at radius 1 is 1.04 bits per heavy atom. The zero-order valence-electron chi connectivity index (χ0n) is 14.7. The molecule has 3 rings (SSSR count). The fraction of sp³-hybridized carbons (Fsp3) is 0.455. The number of rotatable bonds is 5. The molecular weight excluding hydrogens is 312 g/mol. The number of unbranched alkanes of at least 4 members (excludes halogenated alkanes) is 1. The SMILES string of the molecule is CCCC[C@]1(CC)CSc2ccccc2[C@@H](c2ccccc2)[C@H]1O. The molecule has 0 fully saturated rings. The van der Waals surface area contributed by atoms with E-state index in [0.717, 1.165) is 18.6 Å². The highest BCUT2D eigenvalue weighted by Gasteiger charge is 2.44. The number of hydrogen-bond donors (Lipinski definition) is 1. The van der Waals surface area contributed by atoms with Crippen LogP contribution < -0.4 is 0 Å². The maximum Gasteiger partial charge on any atom is 0.0713 e. The van der Waals surface area contributed by atoms with E-state index in [9.17, 15) is 5.11 Å². The molecular formula is C22H28OS. The Balaban J connectivity index is 2.09. The average Bonchev–Trinajstić information content (AvgIpc) is 2.76. The van der Waals surface area contributed by atoms with Crippen LogP contribution in [0.25, 0.3) is 0 Å². The molecule has 0 saturated heterocycles. The highest BCUT2D eigenvalue weighted by atomic mass is 32.2. The maximum absolute atomic E-state index is 11.6. The molecule has 0 bridgehead atoms. The van der Waals surface area contributed by atoms with Crippen LogP contribution in [0.3, 0.4) is 0 Å². The third-order valence-corrected chi connectivity index (χ3v) is 7.01. The van der Waals surface area contributed by atoms with Gasteiger partial charge in [-0.1, -0.05) is 75.2 Å². The third-order valence-electron chi connectivity index (χ3n) is 5.60. The Labute approximate surface area is 150 Å². The molecule has 0 saturated carbocycles. The standard InChI is InChI=1S/C22H28OS/c1-3-5-15-22(4-2)16-24-19-14-10-9-13-18(19)20(21(22)23)17-11-7-6-8-12-17/h6-14,20-21,23H,3-5,15-16H2,1-2H3/t20-,21-,22-/m1/s1. The van der Waals surface area contributed by atoms with Crippen molar-refractivity contribution in [2.75, 3.05) is 5.75 Å². The quantitative estimate of drug-likeness (QED) is 0.734. The lowest BCUT2D eigenvalue weighted by atomic mass is 9.69. The highest BCUT2D eigenvalue weighted by Crippen LogP contribution is 2.50. The van der Waals surface area contributed by atoms with Gasteiger partial charge in [-0.15, -0.1) is 11.8 Å². The van der Waals surface area contributed by atoms with E-state index >= 15 is 0 Å². The minimum absolute atomic E-state index is 0.0137.